The zero-order chi connectivity index (χ0) is 14.8. The first-order chi connectivity index (χ1) is 9.74. The molecule has 0 aliphatic heterocycles. The Morgan fingerprint density at radius 1 is 1.20 bits per heavy atom. The SMILES string of the molecule is CCCOc1cc(C=C(CC)CNCC)ccc1OC. The lowest BCUT2D eigenvalue weighted by molar-refractivity contribution is 0.294. The Morgan fingerprint density at radius 3 is 2.60 bits per heavy atom. The lowest BCUT2D eigenvalue weighted by Gasteiger charge is -2.11. The number of rotatable bonds is 9. The van der Waals surface area contributed by atoms with Gasteiger partial charge in [-0.15, -0.1) is 0 Å². The molecular weight excluding hydrogens is 250 g/mol. The Bertz CT molecular complexity index is 427. The smallest absolute Gasteiger partial charge is 0.161 e. The molecular formula is C17H27NO2. The normalized spacial score (nSPS) is 11.5. The van der Waals surface area contributed by atoms with Crippen molar-refractivity contribution in [1.29, 1.82) is 0 Å². The van der Waals surface area contributed by atoms with E-state index in [0.29, 0.717) is 6.61 Å². The molecule has 0 aliphatic rings. The summed E-state index contributed by atoms with van der Waals surface area (Å²) in [6.45, 7) is 9.04. The number of nitrogens with one attached hydrogen (secondary N) is 1. The van der Waals surface area contributed by atoms with Gasteiger partial charge in [0.05, 0.1) is 13.7 Å². The Morgan fingerprint density at radius 2 is 2.00 bits per heavy atom. The second-order valence-electron chi connectivity index (χ2n) is 4.70. The van der Waals surface area contributed by atoms with Crippen LogP contribution >= 0.6 is 0 Å². The number of methoxy groups -OCH3 is 1. The van der Waals surface area contributed by atoms with Crippen molar-refractivity contribution in [3.63, 3.8) is 0 Å². The molecule has 3 heteroatoms. The maximum absolute atomic E-state index is 5.74. The first kappa shape index (κ1) is 16.6. The number of hydrogen-bond donors (Lipinski definition) is 1. The van der Waals surface area contributed by atoms with Gasteiger partial charge in [0.1, 0.15) is 0 Å². The maximum Gasteiger partial charge on any atom is 0.161 e. The maximum atomic E-state index is 5.74. The van der Waals surface area contributed by atoms with Crippen molar-refractivity contribution in [3.05, 3.63) is 29.3 Å². The largest absolute Gasteiger partial charge is 0.493 e. The topological polar surface area (TPSA) is 30.5 Å². The van der Waals surface area contributed by atoms with Crippen LogP contribution in [-0.4, -0.2) is 26.8 Å². The second-order valence-corrected chi connectivity index (χ2v) is 4.70. The van der Waals surface area contributed by atoms with Gasteiger partial charge in [-0.1, -0.05) is 38.5 Å². The van der Waals surface area contributed by atoms with Crippen LogP contribution in [0.3, 0.4) is 0 Å². The molecule has 20 heavy (non-hydrogen) atoms. The predicted octanol–water partition coefficient (Wildman–Crippen LogP) is 3.89. The van der Waals surface area contributed by atoms with Gasteiger partial charge in [-0.2, -0.15) is 0 Å². The number of benzene rings is 1. The minimum Gasteiger partial charge on any atom is -0.493 e. The van der Waals surface area contributed by atoms with Gasteiger partial charge in [0.2, 0.25) is 0 Å². The Balaban J connectivity index is 2.91. The molecule has 0 unspecified atom stereocenters. The second kappa shape index (κ2) is 9.43. The number of likely N-dealkylation sites (N-methyl/N-ethyl adjacent to an activating group) is 1. The summed E-state index contributed by atoms with van der Waals surface area (Å²) in [5.74, 6) is 1.61. The molecule has 112 valence electrons. The van der Waals surface area contributed by atoms with E-state index in [9.17, 15) is 0 Å². The van der Waals surface area contributed by atoms with Gasteiger partial charge in [0.25, 0.3) is 0 Å². The fourth-order valence-corrected chi connectivity index (χ4v) is 1.91. The van der Waals surface area contributed by atoms with Crippen molar-refractivity contribution in [2.24, 2.45) is 0 Å². The molecule has 1 aromatic carbocycles. The zero-order valence-electron chi connectivity index (χ0n) is 13.2. The Kier molecular flexibility index (Phi) is 7.81. The summed E-state index contributed by atoms with van der Waals surface area (Å²) in [6, 6.07) is 6.09. The van der Waals surface area contributed by atoms with Gasteiger partial charge >= 0.3 is 0 Å². The van der Waals surface area contributed by atoms with Crippen LogP contribution < -0.4 is 14.8 Å². The van der Waals surface area contributed by atoms with Crippen LogP contribution in [0.4, 0.5) is 0 Å². The van der Waals surface area contributed by atoms with Gasteiger partial charge in [-0.25, -0.2) is 0 Å². The third-order valence-corrected chi connectivity index (χ3v) is 3.08. The standard InChI is InChI=1S/C17H27NO2/c1-5-10-20-17-12-15(8-9-16(17)19-4)11-14(6-2)13-18-7-3/h8-9,11-12,18H,5-7,10,13H2,1-4H3. The van der Waals surface area contributed by atoms with E-state index in [1.54, 1.807) is 7.11 Å². The summed E-state index contributed by atoms with van der Waals surface area (Å²) >= 11 is 0. The summed E-state index contributed by atoms with van der Waals surface area (Å²) in [7, 11) is 1.67. The number of hydrogen-bond acceptors (Lipinski definition) is 3. The average molecular weight is 277 g/mol. The van der Waals surface area contributed by atoms with Crippen LogP contribution in [0.2, 0.25) is 0 Å². The number of ether oxygens (including phenoxy) is 2. The molecule has 0 aliphatic carbocycles. The van der Waals surface area contributed by atoms with Crippen LogP contribution in [0.25, 0.3) is 6.08 Å². The van der Waals surface area contributed by atoms with Gasteiger partial charge in [-0.3, -0.25) is 0 Å². The van der Waals surface area contributed by atoms with Crippen LogP contribution in [0.1, 0.15) is 39.2 Å². The molecule has 3 nitrogen and oxygen atoms in total. The third-order valence-electron chi connectivity index (χ3n) is 3.08. The third kappa shape index (κ3) is 5.25. The summed E-state index contributed by atoms with van der Waals surface area (Å²) in [4.78, 5) is 0. The molecule has 0 radical (unpaired) electrons. The molecule has 1 rings (SSSR count). The minimum absolute atomic E-state index is 0.710. The minimum atomic E-state index is 0.710. The molecule has 0 saturated heterocycles. The van der Waals surface area contributed by atoms with E-state index in [1.165, 1.54) is 5.57 Å². The van der Waals surface area contributed by atoms with E-state index in [2.05, 4.69) is 44.3 Å². The van der Waals surface area contributed by atoms with E-state index < -0.39 is 0 Å². The molecule has 1 N–H and O–H groups in total. The fourth-order valence-electron chi connectivity index (χ4n) is 1.91. The fraction of sp³-hybridized carbons (Fsp3) is 0.529. The highest BCUT2D eigenvalue weighted by Gasteiger charge is 2.05. The quantitative estimate of drug-likeness (QED) is 0.743. The van der Waals surface area contributed by atoms with Crippen molar-refractivity contribution >= 4 is 6.08 Å². The molecule has 0 spiro atoms. The Labute approximate surface area is 123 Å². The van der Waals surface area contributed by atoms with E-state index >= 15 is 0 Å². The van der Waals surface area contributed by atoms with Gasteiger partial charge in [-0.05, 0) is 37.1 Å². The van der Waals surface area contributed by atoms with Crippen molar-refractivity contribution in [2.45, 2.75) is 33.6 Å². The molecule has 1 aromatic rings. The van der Waals surface area contributed by atoms with Crippen LogP contribution in [0, 0.1) is 0 Å². The van der Waals surface area contributed by atoms with Crippen LogP contribution in [0.5, 0.6) is 11.5 Å². The van der Waals surface area contributed by atoms with Gasteiger partial charge in [0.15, 0.2) is 11.5 Å². The van der Waals surface area contributed by atoms with Crippen molar-refractivity contribution in [2.75, 3.05) is 26.8 Å². The van der Waals surface area contributed by atoms with Crippen LogP contribution in [-0.2, 0) is 0 Å². The molecule has 0 atom stereocenters. The lowest BCUT2D eigenvalue weighted by atomic mass is 10.1. The first-order valence-corrected chi connectivity index (χ1v) is 7.46. The highest BCUT2D eigenvalue weighted by Crippen LogP contribution is 2.29. The average Bonchev–Trinajstić information content (AvgIpc) is 2.49. The highest BCUT2D eigenvalue weighted by atomic mass is 16.5. The monoisotopic (exact) mass is 277 g/mol. The molecule has 0 aromatic heterocycles. The van der Waals surface area contributed by atoms with Crippen molar-refractivity contribution in [3.8, 4) is 11.5 Å². The van der Waals surface area contributed by atoms with Crippen LogP contribution in [0.15, 0.2) is 23.8 Å². The summed E-state index contributed by atoms with van der Waals surface area (Å²) < 4.78 is 11.1. The highest BCUT2D eigenvalue weighted by molar-refractivity contribution is 5.58. The summed E-state index contributed by atoms with van der Waals surface area (Å²) in [5.41, 5.74) is 2.55. The summed E-state index contributed by atoms with van der Waals surface area (Å²) in [5, 5.41) is 3.37. The van der Waals surface area contributed by atoms with E-state index in [0.717, 1.165) is 43.0 Å². The summed E-state index contributed by atoms with van der Waals surface area (Å²) in [6.07, 6.45) is 4.26. The molecule has 0 amide bonds. The van der Waals surface area contributed by atoms with E-state index in [-0.39, 0.29) is 0 Å². The predicted molar refractivity (Wildman–Crippen MR) is 85.6 cm³/mol. The molecule has 0 heterocycles. The first-order valence-electron chi connectivity index (χ1n) is 7.46. The Hall–Kier alpha value is -1.48. The van der Waals surface area contributed by atoms with Gasteiger partial charge < -0.3 is 14.8 Å². The lowest BCUT2D eigenvalue weighted by Crippen LogP contribution is -2.15. The van der Waals surface area contributed by atoms with Gasteiger partial charge in [0, 0.05) is 6.54 Å². The van der Waals surface area contributed by atoms with E-state index in [1.807, 2.05) is 6.07 Å². The zero-order valence-corrected chi connectivity index (χ0v) is 13.2. The van der Waals surface area contributed by atoms with Crippen molar-refractivity contribution in [1.82, 2.24) is 5.32 Å². The molecule has 0 fully saturated rings. The molecule has 0 saturated carbocycles. The van der Waals surface area contributed by atoms with Crippen molar-refractivity contribution < 1.29 is 9.47 Å². The molecule has 0 bridgehead atoms. The van der Waals surface area contributed by atoms with E-state index in [4.69, 9.17) is 9.47 Å².